The summed E-state index contributed by atoms with van der Waals surface area (Å²) in [5.74, 6) is -0.153. The molecule has 0 aliphatic carbocycles. The van der Waals surface area contributed by atoms with E-state index in [0.717, 1.165) is 6.42 Å². The van der Waals surface area contributed by atoms with E-state index in [2.05, 4.69) is 10.4 Å². The van der Waals surface area contributed by atoms with Gasteiger partial charge in [0.2, 0.25) is 5.91 Å². The molecule has 0 aromatic rings. The molecule has 0 saturated carbocycles. The molecular formula is C10H22N3O2PS2. The van der Waals surface area contributed by atoms with Gasteiger partial charge in [-0.2, -0.15) is 0 Å². The Bertz CT molecular complexity index is 352. The standard InChI is InChI=1S/C10H22N3O2PS2/c1-6-8(2)18-16(15,11-4)13(5)10(17)7-12-9(3)14/h8H,6-7H2,1-5H3,(H,11,15)(H,12,14). The summed E-state index contributed by atoms with van der Waals surface area (Å²) in [6, 6.07) is 0. The summed E-state index contributed by atoms with van der Waals surface area (Å²) in [4.78, 5) is 11.3. The highest BCUT2D eigenvalue weighted by Crippen LogP contribution is 2.59. The van der Waals surface area contributed by atoms with Crippen LogP contribution in [0.25, 0.3) is 0 Å². The first-order valence-electron chi connectivity index (χ1n) is 5.75. The predicted octanol–water partition coefficient (Wildman–Crippen LogP) is 2.24. The van der Waals surface area contributed by atoms with Gasteiger partial charge in [-0.25, -0.2) is 5.09 Å². The minimum Gasteiger partial charge on any atom is -0.350 e. The Morgan fingerprint density at radius 1 is 1.56 bits per heavy atom. The first-order valence-corrected chi connectivity index (χ1v) is 9.31. The van der Waals surface area contributed by atoms with E-state index in [9.17, 15) is 9.36 Å². The minimum absolute atomic E-state index is 0.153. The summed E-state index contributed by atoms with van der Waals surface area (Å²) in [6.07, 6.45) is 0.933. The minimum atomic E-state index is -2.77. The molecule has 0 radical (unpaired) electrons. The van der Waals surface area contributed by atoms with Crippen LogP contribution in [0.1, 0.15) is 27.2 Å². The zero-order valence-electron chi connectivity index (χ0n) is 11.5. The molecule has 0 aromatic heterocycles. The lowest BCUT2D eigenvalue weighted by Crippen LogP contribution is -2.36. The molecule has 0 spiro atoms. The van der Waals surface area contributed by atoms with Gasteiger partial charge in [0.05, 0.1) is 6.54 Å². The maximum absolute atomic E-state index is 12.7. The molecule has 5 nitrogen and oxygen atoms in total. The van der Waals surface area contributed by atoms with E-state index in [1.165, 1.54) is 18.3 Å². The van der Waals surface area contributed by atoms with E-state index in [1.54, 1.807) is 18.8 Å². The van der Waals surface area contributed by atoms with E-state index in [-0.39, 0.29) is 17.7 Å². The highest BCUT2D eigenvalue weighted by molar-refractivity contribution is 8.57. The fourth-order valence-corrected chi connectivity index (χ4v) is 6.12. The highest BCUT2D eigenvalue weighted by Gasteiger charge is 2.30. The van der Waals surface area contributed by atoms with Gasteiger partial charge < -0.3 is 5.32 Å². The Kier molecular flexibility index (Phi) is 8.10. The molecule has 2 N–H and O–H groups in total. The molecule has 106 valence electrons. The number of nitrogens with one attached hydrogen (secondary N) is 2. The maximum atomic E-state index is 12.7. The van der Waals surface area contributed by atoms with Crippen LogP contribution in [0.15, 0.2) is 0 Å². The zero-order chi connectivity index (χ0) is 14.3. The molecular weight excluding hydrogens is 289 g/mol. The number of carbonyl (C=O) groups is 1. The highest BCUT2D eigenvalue weighted by atomic mass is 32.7. The van der Waals surface area contributed by atoms with Crippen molar-refractivity contribution in [1.29, 1.82) is 0 Å². The van der Waals surface area contributed by atoms with Gasteiger partial charge in [0.1, 0.15) is 4.99 Å². The molecule has 0 saturated heterocycles. The van der Waals surface area contributed by atoms with Crippen molar-refractivity contribution in [3.05, 3.63) is 0 Å². The van der Waals surface area contributed by atoms with E-state index in [0.29, 0.717) is 4.99 Å². The van der Waals surface area contributed by atoms with Gasteiger partial charge in [-0.05, 0) is 13.5 Å². The van der Waals surface area contributed by atoms with Crippen LogP contribution in [0.3, 0.4) is 0 Å². The molecule has 0 aromatic carbocycles. The number of amides is 1. The monoisotopic (exact) mass is 311 g/mol. The average molecular weight is 311 g/mol. The van der Waals surface area contributed by atoms with Crippen LogP contribution in [-0.4, -0.2) is 41.5 Å². The summed E-state index contributed by atoms with van der Waals surface area (Å²) in [7, 11) is 3.35. The number of nitrogens with zero attached hydrogens (tertiary/aromatic N) is 1. The van der Waals surface area contributed by atoms with Crippen LogP contribution >= 0.6 is 30.2 Å². The van der Waals surface area contributed by atoms with Crippen LogP contribution in [0.5, 0.6) is 0 Å². The third-order valence-corrected chi connectivity index (χ3v) is 8.77. The molecule has 0 bridgehead atoms. The number of rotatable bonds is 7. The molecule has 2 atom stereocenters. The molecule has 1 amide bonds. The van der Waals surface area contributed by atoms with Gasteiger partial charge >= 0.3 is 0 Å². The smallest absolute Gasteiger partial charge is 0.292 e. The van der Waals surface area contributed by atoms with Crippen molar-refractivity contribution in [2.75, 3.05) is 20.6 Å². The molecule has 8 heteroatoms. The summed E-state index contributed by atoms with van der Waals surface area (Å²) in [5, 5.41) is 5.74. The third-order valence-electron chi connectivity index (χ3n) is 2.42. The molecule has 0 aliphatic rings. The fraction of sp³-hybridized carbons (Fsp3) is 0.800. The average Bonchev–Trinajstić information content (AvgIpc) is 2.34. The zero-order valence-corrected chi connectivity index (χ0v) is 14.0. The van der Waals surface area contributed by atoms with Crippen molar-refractivity contribution in [2.45, 2.75) is 32.4 Å². The van der Waals surface area contributed by atoms with Crippen LogP contribution in [0, 0.1) is 0 Å². The van der Waals surface area contributed by atoms with E-state index in [4.69, 9.17) is 12.2 Å². The molecule has 0 fully saturated rings. The van der Waals surface area contributed by atoms with Gasteiger partial charge in [-0.1, -0.05) is 37.4 Å². The summed E-state index contributed by atoms with van der Waals surface area (Å²) < 4.78 is 14.3. The first kappa shape index (κ1) is 17.9. The van der Waals surface area contributed by atoms with Crippen LogP contribution in [0.4, 0.5) is 0 Å². The Hall–Kier alpha value is -0.100. The Balaban J connectivity index is 4.67. The van der Waals surface area contributed by atoms with Crippen LogP contribution in [0.2, 0.25) is 0 Å². The van der Waals surface area contributed by atoms with Gasteiger partial charge in [0.25, 0.3) is 6.65 Å². The molecule has 0 rings (SSSR count). The Labute approximate surface area is 119 Å². The van der Waals surface area contributed by atoms with E-state index in [1.807, 2.05) is 13.8 Å². The normalized spacial score (nSPS) is 15.6. The lowest BCUT2D eigenvalue weighted by atomic mass is 10.4. The summed E-state index contributed by atoms with van der Waals surface area (Å²) in [6.45, 7) is 2.96. The first-order chi connectivity index (χ1) is 8.26. The number of likely N-dealkylation sites (N-methyl/N-ethyl adjacent to an activating group) is 1. The molecule has 0 heterocycles. The van der Waals surface area contributed by atoms with Crippen molar-refractivity contribution in [3.63, 3.8) is 0 Å². The number of hydrogen-bond donors (Lipinski definition) is 2. The van der Waals surface area contributed by atoms with Crippen molar-refractivity contribution in [3.8, 4) is 0 Å². The lowest BCUT2D eigenvalue weighted by molar-refractivity contribution is -0.118. The number of thiocarbonyl (C=S) groups is 1. The topological polar surface area (TPSA) is 61.4 Å². The van der Waals surface area contributed by atoms with Crippen molar-refractivity contribution >= 4 is 41.1 Å². The largest absolute Gasteiger partial charge is 0.350 e. The second kappa shape index (κ2) is 8.15. The SMILES string of the molecule is CCC(C)SP(=O)(NC)N(C)C(=S)CNC(C)=O. The predicted molar refractivity (Wildman–Crippen MR) is 83.1 cm³/mol. The number of carbonyl (C=O) groups excluding carboxylic acids is 1. The van der Waals surface area contributed by atoms with Gasteiger partial charge in [0, 0.05) is 19.2 Å². The fourth-order valence-electron chi connectivity index (χ4n) is 1.05. The Morgan fingerprint density at radius 3 is 2.50 bits per heavy atom. The number of hydrogen-bond acceptors (Lipinski definition) is 4. The summed E-state index contributed by atoms with van der Waals surface area (Å²) >= 11 is 6.57. The van der Waals surface area contributed by atoms with Gasteiger partial charge in [-0.15, -0.1) is 0 Å². The second-order valence-electron chi connectivity index (χ2n) is 3.90. The Morgan fingerprint density at radius 2 is 2.11 bits per heavy atom. The lowest BCUT2D eigenvalue weighted by Gasteiger charge is -2.30. The quantitative estimate of drug-likeness (QED) is 0.555. The molecule has 2 unspecified atom stereocenters. The molecule has 18 heavy (non-hydrogen) atoms. The van der Waals surface area contributed by atoms with E-state index < -0.39 is 6.65 Å². The van der Waals surface area contributed by atoms with Crippen molar-refractivity contribution in [1.82, 2.24) is 15.1 Å². The van der Waals surface area contributed by atoms with Gasteiger partial charge in [0.15, 0.2) is 0 Å². The van der Waals surface area contributed by atoms with E-state index >= 15 is 0 Å². The van der Waals surface area contributed by atoms with Gasteiger partial charge in [-0.3, -0.25) is 14.0 Å². The third kappa shape index (κ3) is 5.69. The second-order valence-corrected chi connectivity index (χ2v) is 9.59. The molecule has 0 aliphatic heterocycles. The van der Waals surface area contributed by atoms with Crippen molar-refractivity contribution in [2.24, 2.45) is 0 Å². The van der Waals surface area contributed by atoms with Crippen molar-refractivity contribution < 1.29 is 9.36 Å². The maximum Gasteiger partial charge on any atom is 0.292 e. The summed E-state index contributed by atoms with van der Waals surface area (Å²) in [5.41, 5.74) is 0. The van der Waals surface area contributed by atoms with Crippen LogP contribution < -0.4 is 10.4 Å². The van der Waals surface area contributed by atoms with Crippen LogP contribution in [-0.2, 0) is 9.36 Å².